The summed E-state index contributed by atoms with van der Waals surface area (Å²) in [6, 6.07) is 0.00371. The highest BCUT2D eigenvalue weighted by molar-refractivity contribution is 5.69. The van der Waals surface area contributed by atoms with E-state index in [9.17, 15) is 10.0 Å². The topological polar surface area (TPSA) is 49.8 Å². The molecule has 1 aliphatic rings. The lowest BCUT2D eigenvalue weighted by molar-refractivity contribution is -0.148. The van der Waals surface area contributed by atoms with Gasteiger partial charge < -0.3 is 9.94 Å². The van der Waals surface area contributed by atoms with Crippen LogP contribution in [0.1, 0.15) is 33.6 Å². The van der Waals surface area contributed by atoms with Crippen LogP contribution in [0.4, 0.5) is 0 Å². The van der Waals surface area contributed by atoms with E-state index in [1.807, 2.05) is 12.2 Å². The molecule has 0 aliphatic carbocycles. The van der Waals surface area contributed by atoms with E-state index in [1.165, 1.54) is 5.06 Å². The van der Waals surface area contributed by atoms with Crippen molar-refractivity contribution in [1.82, 2.24) is 5.06 Å². The third kappa shape index (κ3) is 3.32. The van der Waals surface area contributed by atoms with Crippen molar-refractivity contribution in [3.05, 3.63) is 12.2 Å². The van der Waals surface area contributed by atoms with Crippen LogP contribution in [0.5, 0.6) is 0 Å². The van der Waals surface area contributed by atoms with Crippen molar-refractivity contribution in [1.29, 1.82) is 0 Å². The van der Waals surface area contributed by atoms with Gasteiger partial charge in [0.05, 0.1) is 18.7 Å². The van der Waals surface area contributed by atoms with E-state index in [4.69, 9.17) is 4.74 Å². The van der Waals surface area contributed by atoms with Crippen molar-refractivity contribution in [2.45, 2.75) is 45.7 Å². The Bertz CT molecular complexity index is 263. The Hall–Kier alpha value is -0.870. The fraction of sp³-hybridized carbons (Fsp3) is 0.750. The molecule has 16 heavy (non-hydrogen) atoms. The van der Waals surface area contributed by atoms with Gasteiger partial charge in [0.2, 0.25) is 0 Å². The molecule has 1 N–H and O–H groups in total. The van der Waals surface area contributed by atoms with E-state index in [-0.39, 0.29) is 18.1 Å². The normalized spacial score (nSPS) is 25.3. The van der Waals surface area contributed by atoms with Gasteiger partial charge >= 0.3 is 5.97 Å². The molecule has 1 aliphatic heterocycles. The smallest absolute Gasteiger partial charge is 0.305 e. The molecule has 0 aromatic heterocycles. The largest absolute Gasteiger partial charge is 0.466 e. The van der Waals surface area contributed by atoms with Crippen molar-refractivity contribution < 1.29 is 14.7 Å². The van der Waals surface area contributed by atoms with Gasteiger partial charge in [0.25, 0.3) is 0 Å². The van der Waals surface area contributed by atoms with E-state index in [0.717, 1.165) is 0 Å². The fourth-order valence-corrected chi connectivity index (χ4v) is 1.89. The zero-order valence-corrected chi connectivity index (χ0v) is 10.2. The summed E-state index contributed by atoms with van der Waals surface area (Å²) in [7, 11) is 0. The number of hydrogen-bond acceptors (Lipinski definition) is 4. The Morgan fingerprint density at radius 2 is 2.19 bits per heavy atom. The summed E-state index contributed by atoms with van der Waals surface area (Å²) in [5.74, 6) is 0.172. The van der Waals surface area contributed by atoms with Crippen molar-refractivity contribution in [2.75, 3.05) is 6.61 Å². The number of rotatable bonds is 5. The Balaban J connectivity index is 2.35. The van der Waals surface area contributed by atoms with Crippen molar-refractivity contribution in [2.24, 2.45) is 5.92 Å². The average Bonchev–Trinajstić information content (AvgIpc) is 2.57. The van der Waals surface area contributed by atoms with Crippen LogP contribution in [0.3, 0.4) is 0 Å². The lowest BCUT2D eigenvalue weighted by atomic mass is 10.1. The van der Waals surface area contributed by atoms with Gasteiger partial charge in [0.15, 0.2) is 0 Å². The first-order valence-corrected chi connectivity index (χ1v) is 5.87. The minimum atomic E-state index is -0.197. The van der Waals surface area contributed by atoms with Crippen LogP contribution in [-0.2, 0) is 9.53 Å². The number of carbonyl (C=O) groups excluding carboxylic acids is 1. The van der Waals surface area contributed by atoms with Crippen LogP contribution >= 0.6 is 0 Å². The zero-order chi connectivity index (χ0) is 12.1. The van der Waals surface area contributed by atoms with Gasteiger partial charge in [0.1, 0.15) is 0 Å². The molecular weight excluding hydrogens is 206 g/mol. The Kier molecular flexibility index (Phi) is 4.96. The molecule has 0 aromatic carbocycles. The SMILES string of the molecule is CCOC(=O)CC[C@H]1C=C[C@@H](C(C)C)N1O. The van der Waals surface area contributed by atoms with Gasteiger partial charge in [-0.05, 0) is 19.3 Å². The summed E-state index contributed by atoms with van der Waals surface area (Å²) >= 11 is 0. The highest BCUT2D eigenvalue weighted by Gasteiger charge is 2.29. The summed E-state index contributed by atoms with van der Waals surface area (Å²) in [4.78, 5) is 11.2. The number of carbonyl (C=O) groups is 1. The van der Waals surface area contributed by atoms with Crippen LogP contribution in [0.15, 0.2) is 12.2 Å². The maximum Gasteiger partial charge on any atom is 0.305 e. The fourth-order valence-electron chi connectivity index (χ4n) is 1.89. The molecule has 4 heteroatoms. The summed E-state index contributed by atoms with van der Waals surface area (Å²) in [5, 5.41) is 11.2. The molecule has 1 heterocycles. The molecule has 0 radical (unpaired) electrons. The molecule has 0 saturated heterocycles. The van der Waals surface area contributed by atoms with Gasteiger partial charge in [0, 0.05) is 6.42 Å². The number of hydroxylamine groups is 2. The summed E-state index contributed by atoms with van der Waals surface area (Å²) in [5.41, 5.74) is 0. The maximum atomic E-state index is 11.2. The van der Waals surface area contributed by atoms with Crippen LogP contribution < -0.4 is 0 Å². The zero-order valence-electron chi connectivity index (χ0n) is 10.2. The lowest BCUT2D eigenvalue weighted by Gasteiger charge is -2.26. The third-order valence-corrected chi connectivity index (χ3v) is 2.81. The number of esters is 1. The van der Waals surface area contributed by atoms with E-state index < -0.39 is 0 Å². The summed E-state index contributed by atoms with van der Waals surface area (Å²) < 4.78 is 4.85. The predicted molar refractivity (Wildman–Crippen MR) is 61.0 cm³/mol. The predicted octanol–water partition coefficient (Wildman–Crippen LogP) is 1.98. The second-order valence-corrected chi connectivity index (χ2v) is 4.41. The number of nitrogens with zero attached hydrogens (tertiary/aromatic N) is 1. The highest BCUT2D eigenvalue weighted by Crippen LogP contribution is 2.23. The molecule has 0 amide bonds. The Labute approximate surface area is 96.8 Å². The second kappa shape index (κ2) is 6.01. The second-order valence-electron chi connectivity index (χ2n) is 4.41. The van der Waals surface area contributed by atoms with Gasteiger partial charge in [-0.3, -0.25) is 4.79 Å². The van der Waals surface area contributed by atoms with Gasteiger partial charge in [-0.1, -0.05) is 26.0 Å². The lowest BCUT2D eigenvalue weighted by Crippen LogP contribution is -2.37. The molecule has 4 nitrogen and oxygen atoms in total. The number of ether oxygens (including phenoxy) is 1. The third-order valence-electron chi connectivity index (χ3n) is 2.81. The van der Waals surface area contributed by atoms with Crippen molar-refractivity contribution in [3.63, 3.8) is 0 Å². The first-order chi connectivity index (χ1) is 7.56. The summed E-state index contributed by atoms with van der Waals surface area (Å²) in [6.45, 7) is 6.33. The Morgan fingerprint density at radius 3 is 2.69 bits per heavy atom. The molecule has 0 spiro atoms. The highest BCUT2D eigenvalue weighted by atomic mass is 16.5. The number of hydrogen-bond donors (Lipinski definition) is 1. The molecular formula is C12H21NO3. The molecule has 2 atom stereocenters. The molecule has 1 rings (SSSR count). The minimum absolute atomic E-state index is 0.0585. The van der Waals surface area contributed by atoms with Gasteiger partial charge in [-0.2, -0.15) is 5.06 Å². The minimum Gasteiger partial charge on any atom is -0.466 e. The van der Waals surface area contributed by atoms with Crippen LogP contribution in [-0.4, -0.2) is 34.9 Å². The Morgan fingerprint density at radius 1 is 1.50 bits per heavy atom. The van der Waals surface area contributed by atoms with Crippen LogP contribution in [0.25, 0.3) is 0 Å². The first-order valence-electron chi connectivity index (χ1n) is 5.87. The molecule has 0 unspecified atom stereocenters. The molecule has 0 aromatic rings. The average molecular weight is 227 g/mol. The van der Waals surface area contributed by atoms with Crippen molar-refractivity contribution >= 4 is 5.97 Å². The quantitative estimate of drug-likeness (QED) is 0.576. The van der Waals surface area contributed by atoms with Crippen molar-refractivity contribution in [3.8, 4) is 0 Å². The van der Waals surface area contributed by atoms with Gasteiger partial charge in [-0.15, -0.1) is 0 Å². The van der Waals surface area contributed by atoms with Gasteiger partial charge in [-0.25, -0.2) is 0 Å². The monoisotopic (exact) mass is 227 g/mol. The standard InChI is InChI=1S/C12H21NO3/c1-4-16-12(14)8-6-10-5-7-11(9(2)3)13(10)15/h5,7,9-11,15H,4,6,8H2,1-3H3/t10-,11+/m1/s1. The van der Waals surface area contributed by atoms with E-state index in [1.54, 1.807) is 6.92 Å². The first kappa shape index (κ1) is 13.2. The maximum absolute atomic E-state index is 11.2. The molecule has 92 valence electrons. The van der Waals surface area contributed by atoms with E-state index >= 15 is 0 Å². The van der Waals surface area contributed by atoms with E-state index in [2.05, 4.69) is 13.8 Å². The van der Waals surface area contributed by atoms with E-state index in [0.29, 0.717) is 25.4 Å². The van der Waals surface area contributed by atoms with Crippen LogP contribution in [0.2, 0.25) is 0 Å². The molecule has 0 fully saturated rings. The summed E-state index contributed by atoms with van der Waals surface area (Å²) in [6.07, 6.45) is 4.92. The molecule has 0 bridgehead atoms. The molecule has 0 saturated carbocycles. The van der Waals surface area contributed by atoms with Crippen LogP contribution in [0, 0.1) is 5.92 Å².